The van der Waals surface area contributed by atoms with Crippen molar-refractivity contribution in [3.63, 3.8) is 0 Å². The number of nitrogens with one attached hydrogen (secondary N) is 1. The van der Waals surface area contributed by atoms with Crippen molar-refractivity contribution in [2.24, 2.45) is 11.7 Å². The highest BCUT2D eigenvalue weighted by Gasteiger charge is 2.40. The van der Waals surface area contributed by atoms with E-state index in [4.69, 9.17) is 5.73 Å². The number of hydrogen-bond acceptors (Lipinski definition) is 3. The molecule has 2 aliphatic rings. The van der Waals surface area contributed by atoms with E-state index in [2.05, 4.69) is 5.32 Å². The molecule has 0 aromatic heterocycles. The number of piperazine rings is 1. The fourth-order valence-electron chi connectivity index (χ4n) is 3.38. The van der Waals surface area contributed by atoms with Crippen molar-refractivity contribution in [3.05, 3.63) is 0 Å². The summed E-state index contributed by atoms with van der Waals surface area (Å²) in [4.78, 5) is 28.1. The van der Waals surface area contributed by atoms with Gasteiger partial charge in [0.25, 0.3) is 0 Å². The van der Waals surface area contributed by atoms with Crippen LogP contribution in [0.4, 0.5) is 4.79 Å². The molecule has 1 saturated heterocycles. The van der Waals surface area contributed by atoms with Crippen LogP contribution in [0, 0.1) is 5.92 Å². The lowest BCUT2D eigenvalue weighted by atomic mass is 9.74. The standard InChI is InChI=1S/C15H28N4O2/c1-3-17-14(21)19-10-8-18(9-11-19)13(20)12-6-4-5-7-15(12,2)16/h12H,3-11,16H2,1-2H3,(H,17,21). The molecule has 3 amide bonds. The summed E-state index contributed by atoms with van der Waals surface area (Å²) in [7, 11) is 0. The molecule has 0 radical (unpaired) electrons. The van der Waals surface area contributed by atoms with Gasteiger partial charge in [-0.15, -0.1) is 0 Å². The molecule has 2 rings (SSSR count). The fraction of sp³-hybridized carbons (Fsp3) is 0.867. The van der Waals surface area contributed by atoms with Gasteiger partial charge in [0.1, 0.15) is 0 Å². The molecule has 0 aromatic rings. The van der Waals surface area contributed by atoms with Gasteiger partial charge < -0.3 is 20.9 Å². The van der Waals surface area contributed by atoms with Crippen molar-refractivity contribution in [1.29, 1.82) is 0 Å². The van der Waals surface area contributed by atoms with E-state index in [0.717, 1.165) is 25.7 Å². The summed E-state index contributed by atoms with van der Waals surface area (Å²) in [5, 5.41) is 2.80. The quantitative estimate of drug-likeness (QED) is 0.790. The van der Waals surface area contributed by atoms with Gasteiger partial charge in [0.15, 0.2) is 0 Å². The van der Waals surface area contributed by atoms with Gasteiger partial charge in [0, 0.05) is 38.3 Å². The summed E-state index contributed by atoms with van der Waals surface area (Å²) in [6.07, 6.45) is 4.01. The van der Waals surface area contributed by atoms with E-state index in [0.29, 0.717) is 32.7 Å². The third-order valence-electron chi connectivity index (χ3n) is 4.76. The van der Waals surface area contributed by atoms with Gasteiger partial charge in [-0.25, -0.2) is 4.79 Å². The van der Waals surface area contributed by atoms with Gasteiger partial charge in [-0.3, -0.25) is 4.79 Å². The highest BCUT2D eigenvalue weighted by atomic mass is 16.2. The minimum Gasteiger partial charge on any atom is -0.339 e. The number of carbonyl (C=O) groups excluding carboxylic acids is 2. The third-order valence-corrected chi connectivity index (χ3v) is 4.76. The first-order valence-corrected chi connectivity index (χ1v) is 8.06. The molecular formula is C15H28N4O2. The van der Waals surface area contributed by atoms with Crippen LogP contribution >= 0.6 is 0 Å². The summed E-state index contributed by atoms with van der Waals surface area (Å²) in [6, 6.07) is -0.0362. The third kappa shape index (κ3) is 3.67. The molecule has 1 heterocycles. The van der Waals surface area contributed by atoms with Gasteiger partial charge in [0.2, 0.25) is 5.91 Å². The first kappa shape index (κ1) is 16.1. The maximum atomic E-state index is 12.7. The van der Waals surface area contributed by atoms with E-state index < -0.39 is 0 Å². The molecule has 21 heavy (non-hydrogen) atoms. The Balaban J connectivity index is 1.89. The molecule has 2 unspecified atom stereocenters. The Morgan fingerprint density at radius 2 is 1.81 bits per heavy atom. The lowest BCUT2D eigenvalue weighted by Crippen LogP contribution is -2.58. The Labute approximate surface area is 127 Å². The number of nitrogens with zero attached hydrogens (tertiary/aromatic N) is 2. The summed E-state index contributed by atoms with van der Waals surface area (Å²) in [6.45, 7) is 6.97. The van der Waals surface area contributed by atoms with E-state index >= 15 is 0 Å². The van der Waals surface area contributed by atoms with Crippen LogP contribution < -0.4 is 11.1 Å². The second kappa shape index (κ2) is 6.64. The number of amides is 3. The summed E-state index contributed by atoms with van der Waals surface area (Å²) in [5.41, 5.74) is 5.94. The average molecular weight is 296 g/mol. The molecule has 6 nitrogen and oxygen atoms in total. The Hall–Kier alpha value is -1.30. The van der Waals surface area contributed by atoms with Gasteiger partial charge in [0.05, 0.1) is 5.92 Å². The lowest BCUT2D eigenvalue weighted by Gasteiger charge is -2.42. The van der Waals surface area contributed by atoms with Crippen LogP contribution in [0.15, 0.2) is 0 Å². The zero-order valence-corrected chi connectivity index (χ0v) is 13.2. The molecule has 2 fully saturated rings. The molecule has 2 atom stereocenters. The van der Waals surface area contributed by atoms with Gasteiger partial charge in [-0.2, -0.15) is 0 Å². The maximum absolute atomic E-state index is 12.7. The number of hydrogen-bond donors (Lipinski definition) is 2. The summed E-state index contributed by atoms with van der Waals surface area (Å²) in [5.74, 6) is 0.109. The van der Waals surface area contributed by atoms with E-state index in [1.165, 1.54) is 0 Å². The summed E-state index contributed by atoms with van der Waals surface area (Å²) < 4.78 is 0. The highest BCUT2D eigenvalue weighted by molar-refractivity contribution is 5.81. The summed E-state index contributed by atoms with van der Waals surface area (Å²) >= 11 is 0. The minimum absolute atomic E-state index is 0.0362. The van der Waals surface area contributed by atoms with Crippen molar-refractivity contribution in [1.82, 2.24) is 15.1 Å². The Morgan fingerprint density at radius 3 is 2.38 bits per heavy atom. The Morgan fingerprint density at radius 1 is 1.19 bits per heavy atom. The molecule has 1 aliphatic carbocycles. The van der Waals surface area contributed by atoms with Crippen LogP contribution in [0.3, 0.4) is 0 Å². The van der Waals surface area contributed by atoms with Gasteiger partial charge in [-0.05, 0) is 26.7 Å². The highest BCUT2D eigenvalue weighted by Crippen LogP contribution is 2.33. The molecule has 0 spiro atoms. The van der Waals surface area contributed by atoms with Crippen molar-refractivity contribution in [2.45, 2.75) is 45.1 Å². The van der Waals surface area contributed by atoms with E-state index in [-0.39, 0.29) is 23.4 Å². The van der Waals surface area contributed by atoms with Crippen LogP contribution in [-0.2, 0) is 4.79 Å². The first-order chi connectivity index (χ1) is 9.95. The SMILES string of the molecule is CCNC(=O)N1CCN(C(=O)C2CCCCC2(C)N)CC1. The molecular weight excluding hydrogens is 268 g/mol. The molecule has 0 aromatic carbocycles. The van der Waals surface area contributed by atoms with Crippen LogP contribution in [0.5, 0.6) is 0 Å². The van der Waals surface area contributed by atoms with Crippen molar-refractivity contribution >= 4 is 11.9 Å². The Kier molecular flexibility index (Phi) is 5.08. The van der Waals surface area contributed by atoms with Crippen LogP contribution in [0.25, 0.3) is 0 Å². The second-order valence-electron chi connectivity index (χ2n) is 6.45. The zero-order chi connectivity index (χ0) is 15.5. The van der Waals surface area contributed by atoms with Crippen LogP contribution in [-0.4, -0.2) is 60.0 Å². The van der Waals surface area contributed by atoms with Crippen LogP contribution in [0.1, 0.15) is 39.5 Å². The average Bonchev–Trinajstić information content (AvgIpc) is 2.46. The van der Waals surface area contributed by atoms with Crippen molar-refractivity contribution in [2.75, 3.05) is 32.7 Å². The molecule has 120 valence electrons. The molecule has 1 aliphatic heterocycles. The van der Waals surface area contributed by atoms with E-state index in [1.54, 1.807) is 4.90 Å². The van der Waals surface area contributed by atoms with Crippen molar-refractivity contribution < 1.29 is 9.59 Å². The van der Waals surface area contributed by atoms with Gasteiger partial charge in [-0.1, -0.05) is 12.8 Å². The number of nitrogens with two attached hydrogens (primary N) is 1. The molecule has 0 bridgehead atoms. The molecule has 3 N–H and O–H groups in total. The fourth-order valence-corrected chi connectivity index (χ4v) is 3.38. The minimum atomic E-state index is -0.383. The number of rotatable bonds is 2. The molecule has 6 heteroatoms. The maximum Gasteiger partial charge on any atom is 0.317 e. The lowest BCUT2D eigenvalue weighted by molar-refractivity contribution is -0.140. The normalized spacial score (nSPS) is 30.1. The topological polar surface area (TPSA) is 78.7 Å². The molecule has 1 saturated carbocycles. The number of carbonyl (C=O) groups is 2. The smallest absolute Gasteiger partial charge is 0.317 e. The predicted molar refractivity (Wildman–Crippen MR) is 81.8 cm³/mol. The van der Waals surface area contributed by atoms with E-state index in [9.17, 15) is 9.59 Å². The first-order valence-electron chi connectivity index (χ1n) is 8.06. The Bertz CT molecular complexity index is 389. The van der Waals surface area contributed by atoms with Gasteiger partial charge >= 0.3 is 6.03 Å². The predicted octanol–water partition coefficient (Wildman–Crippen LogP) is 0.768. The van der Waals surface area contributed by atoms with Crippen molar-refractivity contribution in [3.8, 4) is 0 Å². The largest absolute Gasteiger partial charge is 0.339 e. The van der Waals surface area contributed by atoms with E-state index in [1.807, 2.05) is 18.7 Å². The zero-order valence-electron chi connectivity index (χ0n) is 13.2. The van der Waals surface area contributed by atoms with Crippen LogP contribution in [0.2, 0.25) is 0 Å². The monoisotopic (exact) mass is 296 g/mol. The second-order valence-corrected chi connectivity index (χ2v) is 6.45. The number of urea groups is 1.